The monoisotopic (exact) mass is 290 g/mol. The minimum Gasteiger partial charge on any atom is -0.337 e. The van der Waals surface area contributed by atoms with Gasteiger partial charge in [0, 0.05) is 18.7 Å². The van der Waals surface area contributed by atoms with Crippen molar-refractivity contribution >= 4 is 18.3 Å². The lowest BCUT2D eigenvalue weighted by Crippen LogP contribution is -2.41. The summed E-state index contributed by atoms with van der Waals surface area (Å²) in [5.41, 5.74) is 5.23. The normalized spacial score (nSPS) is 19.1. The molecule has 1 aliphatic heterocycles. The van der Waals surface area contributed by atoms with Crippen molar-refractivity contribution in [1.82, 2.24) is 4.90 Å². The third kappa shape index (κ3) is 3.22. The van der Waals surface area contributed by atoms with Crippen LogP contribution in [-0.2, 0) is 10.7 Å². The molecule has 1 amide bonds. The standard InChI is InChI=1S/C13H16F2N2O.ClH/c14-13(15,11-4-2-1-3-5-11)12(18)17-7-6-10(8-16)9-17;/h1-5,10H,6-9,16H2;1H. The van der Waals surface area contributed by atoms with E-state index in [-0.39, 0.29) is 23.9 Å². The molecular formula is C13H17ClF2N2O. The molecule has 2 rings (SSSR count). The van der Waals surface area contributed by atoms with Crippen molar-refractivity contribution in [2.24, 2.45) is 11.7 Å². The number of carbonyl (C=O) groups is 1. The highest BCUT2D eigenvalue weighted by molar-refractivity contribution is 5.85. The Morgan fingerprint density at radius 2 is 2.00 bits per heavy atom. The summed E-state index contributed by atoms with van der Waals surface area (Å²) >= 11 is 0. The lowest BCUT2D eigenvalue weighted by molar-refractivity contribution is -0.158. The Labute approximate surface area is 117 Å². The molecule has 19 heavy (non-hydrogen) atoms. The summed E-state index contributed by atoms with van der Waals surface area (Å²) in [4.78, 5) is 13.1. The SMILES string of the molecule is Cl.NCC1CCN(C(=O)C(F)(F)c2ccccc2)C1. The van der Waals surface area contributed by atoms with E-state index in [0.717, 1.165) is 0 Å². The summed E-state index contributed by atoms with van der Waals surface area (Å²) in [6, 6.07) is 7.19. The zero-order valence-corrected chi connectivity index (χ0v) is 11.2. The van der Waals surface area contributed by atoms with Crippen LogP contribution in [-0.4, -0.2) is 30.4 Å². The lowest BCUT2D eigenvalue weighted by atomic mass is 10.1. The van der Waals surface area contributed by atoms with E-state index in [2.05, 4.69) is 0 Å². The molecule has 1 saturated heterocycles. The van der Waals surface area contributed by atoms with Gasteiger partial charge in [-0.3, -0.25) is 4.79 Å². The van der Waals surface area contributed by atoms with Crippen LogP contribution in [0.1, 0.15) is 12.0 Å². The third-order valence-corrected chi connectivity index (χ3v) is 3.31. The highest BCUT2D eigenvalue weighted by Crippen LogP contribution is 2.32. The van der Waals surface area contributed by atoms with Crippen molar-refractivity contribution in [3.63, 3.8) is 0 Å². The number of carbonyl (C=O) groups excluding carboxylic acids is 1. The molecule has 2 N–H and O–H groups in total. The first kappa shape index (κ1) is 15.9. The van der Waals surface area contributed by atoms with Crippen LogP contribution in [0.25, 0.3) is 0 Å². The van der Waals surface area contributed by atoms with Crippen LogP contribution in [0.4, 0.5) is 8.78 Å². The van der Waals surface area contributed by atoms with E-state index in [9.17, 15) is 13.6 Å². The molecule has 6 heteroatoms. The fourth-order valence-electron chi connectivity index (χ4n) is 2.18. The van der Waals surface area contributed by atoms with Gasteiger partial charge in [0.25, 0.3) is 5.91 Å². The smallest absolute Gasteiger partial charge is 0.337 e. The van der Waals surface area contributed by atoms with E-state index in [4.69, 9.17) is 5.73 Å². The number of nitrogens with zero attached hydrogens (tertiary/aromatic N) is 1. The van der Waals surface area contributed by atoms with Crippen LogP contribution < -0.4 is 5.73 Å². The lowest BCUT2D eigenvalue weighted by Gasteiger charge is -2.23. The number of alkyl halides is 2. The van der Waals surface area contributed by atoms with Crippen molar-refractivity contribution in [1.29, 1.82) is 0 Å². The predicted molar refractivity (Wildman–Crippen MR) is 71.3 cm³/mol. The molecule has 0 aromatic heterocycles. The molecule has 3 nitrogen and oxygen atoms in total. The van der Waals surface area contributed by atoms with Crippen molar-refractivity contribution in [3.8, 4) is 0 Å². The number of nitrogens with two attached hydrogens (primary N) is 1. The van der Waals surface area contributed by atoms with Gasteiger partial charge in [0.2, 0.25) is 0 Å². The second-order valence-electron chi connectivity index (χ2n) is 4.58. The second kappa shape index (κ2) is 6.30. The van der Waals surface area contributed by atoms with Crippen molar-refractivity contribution in [2.45, 2.75) is 12.3 Å². The maximum Gasteiger partial charge on any atom is 0.349 e. The Kier molecular flexibility index (Phi) is 5.26. The zero-order valence-electron chi connectivity index (χ0n) is 10.4. The molecule has 0 radical (unpaired) electrons. The number of benzene rings is 1. The van der Waals surface area contributed by atoms with Gasteiger partial charge in [-0.2, -0.15) is 8.78 Å². The van der Waals surface area contributed by atoms with Gasteiger partial charge >= 0.3 is 5.92 Å². The minimum atomic E-state index is -3.45. The quantitative estimate of drug-likeness (QED) is 0.925. The number of amides is 1. The van der Waals surface area contributed by atoms with Crippen LogP contribution in [0.15, 0.2) is 30.3 Å². The summed E-state index contributed by atoms with van der Waals surface area (Å²) in [5.74, 6) is -4.43. The second-order valence-corrected chi connectivity index (χ2v) is 4.58. The molecule has 1 aromatic carbocycles. The van der Waals surface area contributed by atoms with E-state index >= 15 is 0 Å². The molecule has 1 atom stereocenters. The van der Waals surface area contributed by atoms with E-state index in [1.807, 2.05) is 0 Å². The van der Waals surface area contributed by atoms with Crippen LogP contribution in [0.3, 0.4) is 0 Å². The Morgan fingerprint density at radius 3 is 2.53 bits per heavy atom. The zero-order chi connectivity index (χ0) is 13.2. The highest BCUT2D eigenvalue weighted by atomic mass is 35.5. The minimum absolute atomic E-state index is 0. The van der Waals surface area contributed by atoms with E-state index in [1.165, 1.54) is 29.2 Å². The first-order chi connectivity index (χ1) is 8.55. The molecule has 106 valence electrons. The van der Waals surface area contributed by atoms with Crippen molar-refractivity contribution in [3.05, 3.63) is 35.9 Å². The molecule has 1 aromatic rings. The van der Waals surface area contributed by atoms with Gasteiger partial charge in [0.15, 0.2) is 0 Å². The Hall–Kier alpha value is -1.20. The van der Waals surface area contributed by atoms with Crippen LogP contribution in [0.5, 0.6) is 0 Å². The van der Waals surface area contributed by atoms with Gasteiger partial charge in [-0.05, 0) is 18.9 Å². The van der Waals surface area contributed by atoms with Crippen LogP contribution >= 0.6 is 12.4 Å². The molecule has 1 unspecified atom stereocenters. The van der Waals surface area contributed by atoms with Gasteiger partial charge < -0.3 is 10.6 Å². The molecule has 0 aliphatic carbocycles. The summed E-state index contributed by atoms with van der Waals surface area (Å²) in [6.45, 7) is 1.13. The van der Waals surface area contributed by atoms with E-state index in [1.54, 1.807) is 6.07 Å². The number of likely N-dealkylation sites (tertiary alicyclic amines) is 1. The third-order valence-electron chi connectivity index (χ3n) is 3.31. The molecule has 1 heterocycles. The highest BCUT2D eigenvalue weighted by Gasteiger charge is 2.45. The average Bonchev–Trinajstić information content (AvgIpc) is 2.87. The van der Waals surface area contributed by atoms with Gasteiger partial charge in [0.05, 0.1) is 0 Å². The molecule has 1 aliphatic rings. The van der Waals surface area contributed by atoms with Gasteiger partial charge in [-0.15, -0.1) is 12.4 Å². The predicted octanol–water partition coefficient (Wildman–Crippen LogP) is 2.01. The summed E-state index contributed by atoms with van der Waals surface area (Å²) in [7, 11) is 0. The Balaban J connectivity index is 0.00000180. The van der Waals surface area contributed by atoms with Crippen LogP contribution in [0, 0.1) is 5.92 Å². The molecule has 0 spiro atoms. The summed E-state index contributed by atoms with van der Waals surface area (Å²) in [6.07, 6.45) is 0.701. The van der Waals surface area contributed by atoms with Crippen molar-refractivity contribution in [2.75, 3.05) is 19.6 Å². The average molecular weight is 291 g/mol. The number of hydrogen-bond acceptors (Lipinski definition) is 2. The van der Waals surface area contributed by atoms with Gasteiger partial charge in [-0.25, -0.2) is 0 Å². The summed E-state index contributed by atoms with van der Waals surface area (Å²) < 4.78 is 28.0. The number of halogens is 3. The largest absolute Gasteiger partial charge is 0.349 e. The molecule has 0 bridgehead atoms. The molecule has 0 saturated carbocycles. The van der Waals surface area contributed by atoms with E-state index in [0.29, 0.717) is 26.1 Å². The van der Waals surface area contributed by atoms with E-state index < -0.39 is 11.8 Å². The Morgan fingerprint density at radius 1 is 1.37 bits per heavy atom. The maximum atomic E-state index is 14.0. The first-order valence-electron chi connectivity index (χ1n) is 5.98. The molecular weight excluding hydrogens is 274 g/mol. The number of rotatable bonds is 3. The fraction of sp³-hybridized carbons (Fsp3) is 0.462. The Bertz CT molecular complexity index is 428. The van der Waals surface area contributed by atoms with Crippen LogP contribution in [0.2, 0.25) is 0 Å². The van der Waals surface area contributed by atoms with Gasteiger partial charge in [0.1, 0.15) is 0 Å². The topological polar surface area (TPSA) is 46.3 Å². The number of hydrogen-bond donors (Lipinski definition) is 1. The molecule has 1 fully saturated rings. The van der Waals surface area contributed by atoms with Gasteiger partial charge in [-0.1, -0.05) is 30.3 Å². The first-order valence-corrected chi connectivity index (χ1v) is 5.98. The summed E-state index contributed by atoms with van der Waals surface area (Å²) in [5, 5.41) is 0. The maximum absolute atomic E-state index is 14.0. The fourth-order valence-corrected chi connectivity index (χ4v) is 2.18. The van der Waals surface area contributed by atoms with Crippen molar-refractivity contribution < 1.29 is 13.6 Å².